The van der Waals surface area contributed by atoms with E-state index in [1.54, 1.807) is 0 Å². The number of ketones is 2. The first-order valence-electron chi connectivity index (χ1n) is 14.5. The molecule has 9 atom stereocenters. The molecule has 204 valence electrons. The van der Waals surface area contributed by atoms with Gasteiger partial charge in [-0.25, -0.2) is 0 Å². The molecule has 5 rings (SSSR count). The van der Waals surface area contributed by atoms with Gasteiger partial charge in [0, 0.05) is 29.0 Å². The van der Waals surface area contributed by atoms with E-state index < -0.39 is 11.5 Å². The zero-order valence-electron chi connectivity index (χ0n) is 23.9. The van der Waals surface area contributed by atoms with Gasteiger partial charge in [0.25, 0.3) is 0 Å². The fourth-order valence-electron chi connectivity index (χ4n) is 11.1. The van der Waals surface area contributed by atoms with Crippen molar-refractivity contribution in [1.82, 2.24) is 0 Å². The van der Waals surface area contributed by atoms with Crippen molar-refractivity contribution in [3.8, 4) is 6.07 Å². The van der Waals surface area contributed by atoms with Gasteiger partial charge in [-0.2, -0.15) is 5.26 Å². The molecular formula is C32H46ClNO3. The van der Waals surface area contributed by atoms with Crippen molar-refractivity contribution >= 4 is 23.2 Å². The van der Waals surface area contributed by atoms with Gasteiger partial charge in [-0.05, 0) is 84.4 Å². The number of aliphatic hydroxyl groups is 1. The third-order valence-electron chi connectivity index (χ3n) is 13.3. The lowest BCUT2D eigenvalue weighted by Gasteiger charge is -2.72. The van der Waals surface area contributed by atoms with Crippen molar-refractivity contribution in [3.05, 3.63) is 11.6 Å². The van der Waals surface area contributed by atoms with Gasteiger partial charge in [0.15, 0.2) is 5.78 Å². The number of Topliss-reactive ketones (excluding diaryl/α,β-unsaturated/α-hetero) is 2. The molecule has 0 radical (unpaired) electrons. The molecule has 9 unspecified atom stereocenters. The highest BCUT2D eigenvalue weighted by molar-refractivity contribution is 6.18. The van der Waals surface area contributed by atoms with Crippen molar-refractivity contribution in [2.75, 3.05) is 5.88 Å². The fourth-order valence-corrected chi connectivity index (χ4v) is 11.4. The average Bonchev–Trinajstić information content (AvgIpc) is 2.82. The smallest absolute Gasteiger partial charge is 0.178 e. The molecule has 1 N–H and O–H groups in total. The molecule has 0 saturated heterocycles. The Hall–Kier alpha value is -1.18. The number of rotatable bonds is 2. The van der Waals surface area contributed by atoms with Crippen molar-refractivity contribution in [3.63, 3.8) is 0 Å². The minimum atomic E-state index is -0.615. The van der Waals surface area contributed by atoms with Gasteiger partial charge in [-0.3, -0.25) is 9.59 Å². The molecule has 0 aromatic heterocycles. The molecule has 5 aliphatic rings. The average molecular weight is 528 g/mol. The summed E-state index contributed by atoms with van der Waals surface area (Å²) in [4.78, 5) is 27.7. The Labute approximate surface area is 228 Å². The lowest BCUT2D eigenvalue weighted by Crippen LogP contribution is -2.69. The maximum atomic E-state index is 14.5. The van der Waals surface area contributed by atoms with Crippen LogP contribution in [0, 0.1) is 67.5 Å². The first-order valence-corrected chi connectivity index (χ1v) is 15.0. The molecule has 0 aliphatic heterocycles. The molecule has 0 aromatic rings. The van der Waals surface area contributed by atoms with Crippen LogP contribution >= 0.6 is 11.6 Å². The van der Waals surface area contributed by atoms with Gasteiger partial charge in [0.2, 0.25) is 0 Å². The van der Waals surface area contributed by atoms with Gasteiger partial charge in [0.05, 0.1) is 11.7 Å². The minimum Gasteiger partial charge on any atom is -0.391 e. The molecule has 0 spiro atoms. The number of nitrogens with zero attached hydrogens (tertiary/aromatic N) is 1. The Morgan fingerprint density at radius 3 is 2.27 bits per heavy atom. The normalized spacial score (nSPS) is 48.9. The molecule has 0 bridgehead atoms. The van der Waals surface area contributed by atoms with Crippen LogP contribution in [0.15, 0.2) is 11.6 Å². The Kier molecular flexibility index (Phi) is 6.05. The predicted octanol–water partition coefficient (Wildman–Crippen LogP) is 6.89. The summed E-state index contributed by atoms with van der Waals surface area (Å²) in [5.41, 5.74) is -1.15. The van der Waals surface area contributed by atoms with Crippen LogP contribution in [0.1, 0.15) is 99.8 Å². The highest BCUT2D eigenvalue weighted by Crippen LogP contribution is 2.76. The lowest BCUT2D eigenvalue weighted by molar-refractivity contribution is -0.232. The number of halogens is 1. The van der Waals surface area contributed by atoms with Gasteiger partial charge in [-0.15, -0.1) is 11.6 Å². The van der Waals surface area contributed by atoms with Crippen LogP contribution in [-0.4, -0.2) is 28.7 Å². The predicted molar refractivity (Wildman–Crippen MR) is 146 cm³/mol. The maximum Gasteiger partial charge on any atom is 0.178 e. The molecule has 5 heteroatoms. The standard InChI is InChI=1S/C32H46ClNO3/c1-27(2)10-12-32(24(36)17-33)13-11-31(7)25(20(32)16-27)21(35)14-23-29(5)15-19(18-34)26(37)28(3,4)22(29)8-9-30(23,31)6/h15,20,22-25,36H,8-14,16-17H2,1-7H3. The van der Waals surface area contributed by atoms with Gasteiger partial charge in [-0.1, -0.05) is 54.5 Å². The summed E-state index contributed by atoms with van der Waals surface area (Å²) in [6, 6.07) is 2.21. The summed E-state index contributed by atoms with van der Waals surface area (Å²) in [5.74, 6) is 0.761. The summed E-state index contributed by atoms with van der Waals surface area (Å²) in [6.45, 7) is 15.7. The number of allylic oxidation sites excluding steroid dienone is 2. The van der Waals surface area contributed by atoms with E-state index in [0.29, 0.717) is 12.2 Å². The molecular weight excluding hydrogens is 482 g/mol. The van der Waals surface area contributed by atoms with Gasteiger partial charge in [0.1, 0.15) is 11.9 Å². The van der Waals surface area contributed by atoms with E-state index in [4.69, 9.17) is 11.6 Å². The van der Waals surface area contributed by atoms with Crippen LogP contribution in [-0.2, 0) is 9.59 Å². The number of fused-ring (bicyclic) bond motifs is 7. The number of hydrogen-bond acceptors (Lipinski definition) is 4. The molecule has 0 aromatic carbocycles. The van der Waals surface area contributed by atoms with Crippen molar-refractivity contribution in [1.29, 1.82) is 5.26 Å². The first-order chi connectivity index (χ1) is 17.0. The summed E-state index contributed by atoms with van der Waals surface area (Å²) in [5, 5.41) is 21.2. The minimum absolute atomic E-state index is 0.0470. The fraction of sp³-hybridized carbons (Fsp3) is 0.844. The van der Waals surface area contributed by atoms with E-state index in [9.17, 15) is 20.0 Å². The number of aliphatic hydroxyl groups excluding tert-OH is 1. The second-order valence-electron chi connectivity index (χ2n) is 15.6. The van der Waals surface area contributed by atoms with Gasteiger partial charge >= 0.3 is 0 Å². The Balaban J connectivity index is 1.64. The molecule has 0 heterocycles. The van der Waals surface area contributed by atoms with Gasteiger partial charge < -0.3 is 5.11 Å². The summed E-state index contributed by atoms with van der Waals surface area (Å²) in [7, 11) is 0. The number of carbonyl (C=O) groups excluding carboxylic acids is 2. The zero-order valence-corrected chi connectivity index (χ0v) is 24.7. The van der Waals surface area contributed by atoms with E-state index in [1.807, 2.05) is 19.9 Å². The SMILES string of the molecule is CC1(C)CCC2(C(O)CCl)CCC3(C)C(C(=O)CC4C5(C)C=C(C#N)C(=O)C(C)(C)C5CCC43C)C2C1. The second kappa shape index (κ2) is 8.17. The number of alkyl halides is 1. The van der Waals surface area contributed by atoms with Crippen LogP contribution < -0.4 is 0 Å². The Bertz CT molecular complexity index is 1100. The Morgan fingerprint density at radius 1 is 1.00 bits per heavy atom. The summed E-state index contributed by atoms with van der Waals surface area (Å²) >= 11 is 6.32. The largest absolute Gasteiger partial charge is 0.391 e. The second-order valence-corrected chi connectivity index (χ2v) is 15.9. The molecule has 5 aliphatic carbocycles. The summed E-state index contributed by atoms with van der Waals surface area (Å²) < 4.78 is 0. The van der Waals surface area contributed by atoms with E-state index in [1.165, 1.54) is 0 Å². The van der Waals surface area contributed by atoms with Crippen LogP contribution in [0.25, 0.3) is 0 Å². The molecule has 4 saturated carbocycles. The lowest BCUT2D eigenvalue weighted by atomic mass is 9.31. The number of carbonyl (C=O) groups is 2. The quantitative estimate of drug-likeness (QED) is 0.397. The maximum absolute atomic E-state index is 14.5. The highest BCUT2D eigenvalue weighted by atomic mass is 35.5. The van der Waals surface area contributed by atoms with Crippen molar-refractivity contribution in [2.45, 2.75) is 106 Å². The summed E-state index contributed by atoms with van der Waals surface area (Å²) in [6.07, 6.45) is 8.57. The molecule has 4 nitrogen and oxygen atoms in total. The molecule has 0 amide bonds. The van der Waals surface area contributed by atoms with E-state index in [2.05, 4.69) is 40.7 Å². The third kappa shape index (κ3) is 3.35. The zero-order chi connectivity index (χ0) is 27.4. The number of hydrogen-bond donors (Lipinski definition) is 1. The molecule has 4 fully saturated rings. The molecule has 37 heavy (non-hydrogen) atoms. The van der Waals surface area contributed by atoms with E-state index >= 15 is 0 Å². The topological polar surface area (TPSA) is 78.2 Å². The van der Waals surface area contributed by atoms with Crippen LogP contribution in [0.5, 0.6) is 0 Å². The number of nitriles is 1. The van der Waals surface area contributed by atoms with E-state index in [-0.39, 0.29) is 68.0 Å². The Morgan fingerprint density at radius 2 is 1.65 bits per heavy atom. The van der Waals surface area contributed by atoms with Crippen LogP contribution in [0.4, 0.5) is 0 Å². The van der Waals surface area contributed by atoms with Crippen LogP contribution in [0.3, 0.4) is 0 Å². The van der Waals surface area contributed by atoms with E-state index in [0.717, 1.165) is 44.9 Å². The third-order valence-corrected chi connectivity index (χ3v) is 13.6. The van der Waals surface area contributed by atoms with Crippen molar-refractivity contribution < 1.29 is 14.7 Å². The van der Waals surface area contributed by atoms with Crippen LogP contribution in [0.2, 0.25) is 0 Å². The van der Waals surface area contributed by atoms with Crippen molar-refractivity contribution in [2.24, 2.45) is 56.2 Å². The first kappa shape index (κ1) is 27.4. The highest BCUT2D eigenvalue weighted by Gasteiger charge is 2.72. The monoisotopic (exact) mass is 527 g/mol.